The first-order valence-corrected chi connectivity index (χ1v) is 5.92. The molecule has 0 saturated carbocycles. The monoisotopic (exact) mass is 242 g/mol. The Balaban J connectivity index is 2.46. The standard InChI is InChI=1S/C15H11ClO/c1-8-6-9(2)13-11(7-8)14-10(15(13)17)4-3-5-12(14)16/h3-7H,1-2H3. The van der Waals surface area contributed by atoms with Gasteiger partial charge in [-0.05, 0) is 31.0 Å². The summed E-state index contributed by atoms with van der Waals surface area (Å²) in [5, 5.41) is 0.652. The minimum atomic E-state index is 0.0926. The number of ketones is 1. The fourth-order valence-electron chi connectivity index (χ4n) is 2.59. The van der Waals surface area contributed by atoms with Crippen LogP contribution < -0.4 is 0 Å². The highest BCUT2D eigenvalue weighted by Crippen LogP contribution is 2.42. The lowest BCUT2D eigenvalue weighted by molar-refractivity contribution is 0.104. The van der Waals surface area contributed by atoms with Gasteiger partial charge in [-0.1, -0.05) is 41.4 Å². The highest BCUT2D eigenvalue weighted by Gasteiger charge is 2.29. The summed E-state index contributed by atoms with van der Waals surface area (Å²) in [5.41, 5.74) is 5.58. The molecule has 0 unspecified atom stereocenters. The van der Waals surface area contributed by atoms with E-state index in [4.69, 9.17) is 11.6 Å². The molecule has 0 spiro atoms. The molecule has 84 valence electrons. The van der Waals surface area contributed by atoms with Gasteiger partial charge in [0.25, 0.3) is 0 Å². The van der Waals surface area contributed by atoms with Gasteiger partial charge in [-0.15, -0.1) is 0 Å². The van der Waals surface area contributed by atoms with Crippen LogP contribution in [0.3, 0.4) is 0 Å². The average Bonchev–Trinajstić information content (AvgIpc) is 2.54. The van der Waals surface area contributed by atoms with Crippen molar-refractivity contribution in [3.05, 3.63) is 57.6 Å². The molecule has 0 radical (unpaired) electrons. The van der Waals surface area contributed by atoms with E-state index in [1.165, 1.54) is 0 Å². The zero-order valence-electron chi connectivity index (χ0n) is 9.67. The predicted molar refractivity (Wildman–Crippen MR) is 69.8 cm³/mol. The molecule has 17 heavy (non-hydrogen) atoms. The first-order valence-electron chi connectivity index (χ1n) is 5.54. The molecule has 1 aliphatic rings. The number of hydrogen-bond donors (Lipinski definition) is 0. The molecule has 0 aromatic heterocycles. The minimum absolute atomic E-state index is 0.0926. The minimum Gasteiger partial charge on any atom is -0.289 e. The Morgan fingerprint density at radius 1 is 1.00 bits per heavy atom. The number of aryl methyl sites for hydroxylation is 2. The number of benzene rings is 2. The first kappa shape index (κ1) is 10.5. The summed E-state index contributed by atoms with van der Waals surface area (Å²) in [6.07, 6.45) is 0. The van der Waals surface area contributed by atoms with Crippen molar-refractivity contribution in [3.63, 3.8) is 0 Å². The number of carbonyl (C=O) groups excluding carboxylic acids is 1. The normalized spacial score (nSPS) is 12.5. The van der Waals surface area contributed by atoms with Crippen molar-refractivity contribution in [3.8, 4) is 11.1 Å². The molecule has 0 aliphatic heterocycles. The molecule has 0 atom stereocenters. The van der Waals surface area contributed by atoms with E-state index in [2.05, 4.69) is 0 Å². The van der Waals surface area contributed by atoms with Crippen molar-refractivity contribution in [2.24, 2.45) is 0 Å². The third kappa shape index (κ3) is 1.36. The van der Waals surface area contributed by atoms with E-state index in [-0.39, 0.29) is 5.78 Å². The van der Waals surface area contributed by atoms with E-state index in [1.54, 1.807) is 0 Å². The van der Waals surface area contributed by atoms with E-state index in [1.807, 2.05) is 44.2 Å². The Morgan fingerprint density at radius 2 is 1.76 bits per heavy atom. The van der Waals surface area contributed by atoms with E-state index in [0.29, 0.717) is 5.02 Å². The molecule has 1 nitrogen and oxygen atoms in total. The number of hydrogen-bond acceptors (Lipinski definition) is 1. The smallest absolute Gasteiger partial charge is 0.194 e. The molecule has 0 N–H and O–H groups in total. The van der Waals surface area contributed by atoms with Crippen molar-refractivity contribution in [1.29, 1.82) is 0 Å². The molecule has 0 saturated heterocycles. The van der Waals surface area contributed by atoms with Gasteiger partial charge in [-0.3, -0.25) is 4.79 Å². The predicted octanol–water partition coefficient (Wildman–Crippen LogP) is 4.17. The number of carbonyl (C=O) groups is 1. The second-order valence-electron chi connectivity index (χ2n) is 4.50. The lowest BCUT2D eigenvalue weighted by Crippen LogP contribution is -1.98. The van der Waals surface area contributed by atoms with Crippen LogP contribution in [0.4, 0.5) is 0 Å². The van der Waals surface area contributed by atoms with Crippen LogP contribution in [0.1, 0.15) is 27.0 Å². The van der Waals surface area contributed by atoms with Crippen molar-refractivity contribution in [2.75, 3.05) is 0 Å². The highest BCUT2D eigenvalue weighted by atomic mass is 35.5. The molecular weight excluding hydrogens is 232 g/mol. The lowest BCUT2D eigenvalue weighted by atomic mass is 9.99. The van der Waals surface area contributed by atoms with Gasteiger partial charge in [0.2, 0.25) is 0 Å². The van der Waals surface area contributed by atoms with Gasteiger partial charge < -0.3 is 0 Å². The number of halogens is 1. The van der Waals surface area contributed by atoms with Gasteiger partial charge in [0.15, 0.2) is 5.78 Å². The maximum atomic E-state index is 12.3. The number of fused-ring (bicyclic) bond motifs is 3. The van der Waals surface area contributed by atoms with Crippen molar-refractivity contribution >= 4 is 17.4 Å². The van der Waals surface area contributed by atoms with E-state index in [0.717, 1.165) is 33.4 Å². The average molecular weight is 243 g/mol. The van der Waals surface area contributed by atoms with E-state index >= 15 is 0 Å². The van der Waals surface area contributed by atoms with Crippen molar-refractivity contribution < 1.29 is 4.79 Å². The third-order valence-corrected chi connectivity index (χ3v) is 3.55. The maximum absolute atomic E-state index is 12.3. The zero-order valence-corrected chi connectivity index (χ0v) is 10.4. The van der Waals surface area contributed by atoms with E-state index < -0.39 is 0 Å². The molecule has 1 aliphatic carbocycles. The summed E-state index contributed by atoms with van der Waals surface area (Å²) in [6, 6.07) is 9.58. The van der Waals surface area contributed by atoms with Crippen LogP contribution in [0.15, 0.2) is 30.3 Å². The molecule has 0 fully saturated rings. The largest absolute Gasteiger partial charge is 0.289 e. The van der Waals surface area contributed by atoms with Crippen LogP contribution in [0, 0.1) is 13.8 Å². The second kappa shape index (κ2) is 3.44. The molecule has 3 rings (SSSR count). The number of rotatable bonds is 0. The van der Waals surface area contributed by atoms with Crippen molar-refractivity contribution in [2.45, 2.75) is 13.8 Å². The first-order chi connectivity index (χ1) is 8.09. The fourth-order valence-corrected chi connectivity index (χ4v) is 2.86. The topological polar surface area (TPSA) is 17.1 Å². The van der Waals surface area contributed by atoms with Gasteiger partial charge in [-0.2, -0.15) is 0 Å². The molecule has 0 heterocycles. The van der Waals surface area contributed by atoms with Crippen LogP contribution in [0.2, 0.25) is 5.02 Å². The lowest BCUT2D eigenvalue weighted by Gasteiger charge is -2.05. The van der Waals surface area contributed by atoms with Gasteiger partial charge in [0, 0.05) is 21.7 Å². The summed E-state index contributed by atoms with van der Waals surface area (Å²) < 4.78 is 0. The Bertz CT molecular complexity index is 656. The third-order valence-electron chi connectivity index (χ3n) is 3.23. The van der Waals surface area contributed by atoms with Crippen LogP contribution in [-0.4, -0.2) is 5.78 Å². The Morgan fingerprint density at radius 3 is 2.53 bits per heavy atom. The summed E-state index contributed by atoms with van der Waals surface area (Å²) in [5.74, 6) is 0.0926. The van der Waals surface area contributed by atoms with Crippen LogP contribution in [0.25, 0.3) is 11.1 Å². The fraction of sp³-hybridized carbons (Fsp3) is 0.133. The quantitative estimate of drug-likeness (QED) is 0.578. The summed E-state index contributed by atoms with van der Waals surface area (Å²) in [4.78, 5) is 12.3. The summed E-state index contributed by atoms with van der Waals surface area (Å²) >= 11 is 6.22. The second-order valence-corrected chi connectivity index (χ2v) is 4.90. The Kier molecular flexibility index (Phi) is 2.14. The van der Waals surface area contributed by atoms with Gasteiger partial charge in [0.05, 0.1) is 0 Å². The van der Waals surface area contributed by atoms with Crippen LogP contribution >= 0.6 is 11.6 Å². The Labute approximate surface area is 105 Å². The summed E-state index contributed by atoms with van der Waals surface area (Å²) in [6.45, 7) is 4.01. The molecule has 0 amide bonds. The van der Waals surface area contributed by atoms with Gasteiger partial charge >= 0.3 is 0 Å². The molecular formula is C15H11ClO. The summed E-state index contributed by atoms with van der Waals surface area (Å²) in [7, 11) is 0. The maximum Gasteiger partial charge on any atom is 0.194 e. The molecule has 0 bridgehead atoms. The zero-order chi connectivity index (χ0) is 12.2. The Hall–Kier alpha value is -1.60. The SMILES string of the molecule is Cc1cc(C)c2c(c1)-c1c(Cl)cccc1C2=O. The van der Waals surface area contributed by atoms with Gasteiger partial charge in [-0.25, -0.2) is 0 Å². The van der Waals surface area contributed by atoms with Gasteiger partial charge in [0.1, 0.15) is 0 Å². The molecule has 2 aromatic rings. The molecule has 2 heteroatoms. The molecule has 2 aromatic carbocycles. The highest BCUT2D eigenvalue weighted by molar-refractivity contribution is 6.37. The van der Waals surface area contributed by atoms with Crippen LogP contribution in [-0.2, 0) is 0 Å². The van der Waals surface area contributed by atoms with Crippen molar-refractivity contribution in [1.82, 2.24) is 0 Å². The van der Waals surface area contributed by atoms with E-state index in [9.17, 15) is 4.79 Å². The van der Waals surface area contributed by atoms with Crippen LogP contribution in [0.5, 0.6) is 0 Å².